The highest BCUT2D eigenvalue weighted by Gasteiger charge is 2.40. The SMILES string of the molecule is CC(C)(C)[Si](C)(C)OCCC[C@@H](C(=O)O)C1CNC1=O. The van der Waals surface area contributed by atoms with Crippen LogP contribution in [0.1, 0.15) is 33.6 Å². The van der Waals surface area contributed by atoms with Crippen molar-refractivity contribution in [3.8, 4) is 0 Å². The first-order valence-electron chi connectivity index (χ1n) is 7.21. The van der Waals surface area contributed by atoms with E-state index < -0.39 is 20.2 Å². The Morgan fingerprint density at radius 3 is 2.45 bits per heavy atom. The maximum Gasteiger partial charge on any atom is 0.307 e. The van der Waals surface area contributed by atoms with Gasteiger partial charge in [-0.1, -0.05) is 20.8 Å². The quantitative estimate of drug-likeness (QED) is 0.429. The molecule has 1 amide bonds. The summed E-state index contributed by atoms with van der Waals surface area (Å²) < 4.78 is 6.03. The summed E-state index contributed by atoms with van der Waals surface area (Å²) in [5.74, 6) is -1.95. The summed E-state index contributed by atoms with van der Waals surface area (Å²) >= 11 is 0. The monoisotopic (exact) mass is 301 g/mol. The first-order valence-corrected chi connectivity index (χ1v) is 10.1. The molecule has 0 spiro atoms. The zero-order valence-corrected chi connectivity index (χ0v) is 14.2. The summed E-state index contributed by atoms with van der Waals surface area (Å²) in [5.41, 5.74) is 0. The molecule has 1 heterocycles. The second kappa shape index (κ2) is 6.26. The van der Waals surface area contributed by atoms with Crippen LogP contribution in [-0.2, 0) is 14.0 Å². The van der Waals surface area contributed by atoms with E-state index in [1.807, 2.05) is 0 Å². The predicted molar refractivity (Wildman–Crippen MR) is 80.0 cm³/mol. The summed E-state index contributed by atoms with van der Waals surface area (Å²) in [6, 6.07) is 0. The van der Waals surface area contributed by atoms with Gasteiger partial charge in [-0.25, -0.2) is 0 Å². The van der Waals surface area contributed by atoms with Crippen molar-refractivity contribution in [3.05, 3.63) is 0 Å². The molecule has 2 N–H and O–H groups in total. The smallest absolute Gasteiger partial charge is 0.307 e. The first kappa shape index (κ1) is 17.2. The van der Waals surface area contributed by atoms with Gasteiger partial charge < -0.3 is 14.8 Å². The topological polar surface area (TPSA) is 75.6 Å². The molecule has 1 saturated heterocycles. The summed E-state index contributed by atoms with van der Waals surface area (Å²) in [6.07, 6.45) is 1.19. The molecule has 1 unspecified atom stereocenters. The highest BCUT2D eigenvalue weighted by molar-refractivity contribution is 6.74. The van der Waals surface area contributed by atoms with Gasteiger partial charge in [0, 0.05) is 13.2 Å². The summed E-state index contributed by atoms with van der Waals surface area (Å²) in [5, 5.41) is 12.0. The van der Waals surface area contributed by atoms with Crippen molar-refractivity contribution in [2.45, 2.75) is 51.7 Å². The molecule has 0 aromatic heterocycles. The lowest BCUT2D eigenvalue weighted by Crippen LogP contribution is -2.53. The number of carbonyl (C=O) groups excluding carboxylic acids is 1. The largest absolute Gasteiger partial charge is 0.481 e. The lowest BCUT2D eigenvalue weighted by atomic mass is 9.83. The molecule has 0 saturated carbocycles. The van der Waals surface area contributed by atoms with Gasteiger partial charge in [0.15, 0.2) is 8.32 Å². The third-order valence-electron chi connectivity index (χ3n) is 4.56. The van der Waals surface area contributed by atoms with Crippen LogP contribution < -0.4 is 5.32 Å². The fourth-order valence-corrected chi connectivity index (χ4v) is 3.06. The third-order valence-corrected chi connectivity index (χ3v) is 9.10. The Morgan fingerprint density at radius 2 is 2.10 bits per heavy atom. The lowest BCUT2D eigenvalue weighted by Gasteiger charge is -2.36. The van der Waals surface area contributed by atoms with Crippen LogP contribution in [0.2, 0.25) is 18.1 Å². The normalized spacial score (nSPS) is 21.1. The Kier molecular flexibility index (Phi) is 5.37. The highest BCUT2D eigenvalue weighted by atomic mass is 28.4. The van der Waals surface area contributed by atoms with E-state index in [1.54, 1.807) is 0 Å². The maximum absolute atomic E-state index is 11.3. The molecule has 0 aliphatic carbocycles. The predicted octanol–water partition coefficient (Wildman–Crippen LogP) is 2.24. The van der Waals surface area contributed by atoms with Crippen LogP contribution in [-0.4, -0.2) is 38.5 Å². The fraction of sp³-hybridized carbons (Fsp3) is 0.857. The first-order chi connectivity index (χ1) is 9.06. The Bertz CT molecular complexity index is 376. The van der Waals surface area contributed by atoms with Gasteiger partial charge in [0.2, 0.25) is 5.91 Å². The second-order valence-electron chi connectivity index (χ2n) is 7.05. The van der Waals surface area contributed by atoms with Crippen molar-refractivity contribution in [2.75, 3.05) is 13.2 Å². The van der Waals surface area contributed by atoms with Gasteiger partial charge >= 0.3 is 5.97 Å². The van der Waals surface area contributed by atoms with Crippen LogP contribution in [0, 0.1) is 11.8 Å². The maximum atomic E-state index is 11.3. The molecule has 1 fully saturated rings. The number of aliphatic carboxylic acids is 1. The molecular formula is C14H27NO4Si. The average molecular weight is 301 g/mol. The zero-order valence-electron chi connectivity index (χ0n) is 13.2. The lowest BCUT2D eigenvalue weighted by molar-refractivity contribution is -0.150. The van der Waals surface area contributed by atoms with Crippen LogP contribution in [0.4, 0.5) is 0 Å². The molecule has 0 aromatic carbocycles. The van der Waals surface area contributed by atoms with Gasteiger partial charge in [-0.3, -0.25) is 9.59 Å². The van der Waals surface area contributed by atoms with E-state index in [2.05, 4.69) is 39.2 Å². The van der Waals surface area contributed by atoms with Crippen molar-refractivity contribution in [1.29, 1.82) is 0 Å². The molecule has 1 aliphatic rings. The van der Waals surface area contributed by atoms with Crippen LogP contribution in [0.25, 0.3) is 0 Å². The minimum atomic E-state index is -1.77. The van der Waals surface area contributed by atoms with Crippen LogP contribution in [0.15, 0.2) is 0 Å². The molecule has 0 aromatic rings. The van der Waals surface area contributed by atoms with E-state index >= 15 is 0 Å². The number of carboxylic acid groups (broad SMARTS) is 1. The summed E-state index contributed by atoms with van der Waals surface area (Å²) in [4.78, 5) is 22.5. The summed E-state index contributed by atoms with van der Waals surface area (Å²) in [7, 11) is -1.77. The van der Waals surface area contributed by atoms with Gasteiger partial charge in [0.25, 0.3) is 0 Å². The van der Waals surface area contributed by atoms with E-state index in [-0.39, 0.29) is 16.9 Å². The van der Waals surface area contributed by atoms with E-state index in [4.69, 9.17) is 4.43 Å². The molecule has 2 atom stereocenters. The van der Waals surface area contributed by atoms with Crippen LogP contribution >= 0.6 is 0 Å². The van der Waals surface area contributed by atoms with E-state index in [9.17, 15) is 14.7 Å². The molecule has 5 nitrogen and oxygen atoms in total. The molecule has 20 heavy (non-hydrogen) atoms. The van der Waals surface area contributed by atoms with Crippen molar-refractivity contribution in [1.82, 2.24) is 5.32 Å². The van der Waals surface area contributed by atoms with Crippen molar-refractivity contribution < 1.29 is 19.1 Å². The molecule has 116 valence electrons. The zero-order chi connectivity index (χ0) is 15.6. The molecule has 1 rings (SSSR count). The standard InChI is InChI=1S/C14H27NO4Si/c1-14(2,3)20(4,5)19-8-6-7-10(13(17)18)11-9-15-12(11)16/h10-11H,6-9H2,1-5H3,(H,15,16)(H,17,18)/t10-,11?/m1/s1. The number of nitrogens with one attached hydrogen (secondary N) is 1. The van der Waals surface area contributed by atoms with Crippen LogP contribution in [0.5, 0.6) is 0 Å². The van der Waals surface area contributed by atoms with E-state index in [1.165, 1.54) is 0 Å². The highest BCUT2D eigenvalue weighted by Crippen LogP contribution is 2.36. The van der Waals surface area contributed by atoms with Gasteiger partial charge in [-0.2, -0.15) is 0 Å². The Hall–Kier alpha value is -0.883. The van der Waals surface area contributed by atoms with Gasteiger partial charge in [-0.05, 0) is 31.0 Å². The number of carboxylic acids is 1. The van der Waals surface area contributed by atoms with E-state index in [0.29, 0.717) is 26.0 Å². The Morgan fingerprint density at radius 1 is 1.50 bits per heavy atom. The fourth-order valence-electron chi connectivity index (χ4n) is 1.97. The summed E-state index contributed by atoms with van der Waals surface area (Å²) in [6.45, 7) is 12.0. The van der Waals surface area contributed by atoms with E-state index in [0.717, 1.165) is 0 Å². The third kappa shape index (κ3) is 4.05. The Balaban J connectivity index is 2.39. The Labute approximate surface area is 122 Å². The number of hydrogen-bond acceptors (Lipinski definition) is 3. The van der Waals surface area contributed by atoms with Crippen molar-refractivity contribution in [3.63, 3.8) is 0 Å². The number of β-lactam (4-membered cyclic amide) rings is 1. The average Bonchev–Trinajstić information content (AvgIpc) is 2.29. The molecule has 1 aliphatic heterocycles. The minimum Gasteiger partial charge on any atom is -0.481 e. The number of amides is 1. The molecule has 6 heteroatoms. The van der Waals surface area contributed by atoms with Gasteiger partial charge in [0.05, 0.1) is 11.8 Å². The minimum absolute atomic E-state index is 0.136. The second-order valence-corrected chi connectivity index (χ2v) is 11.9. The van der Waals surface area contributed by atoms with Crippen molar-refractivity contribution >= 4 is 20.2 Å². The molecule has 0 radical (unpaired) electrons. The number of hydrogen-bond donors (Lipinski definition) is 2. The van der Waals surface area contributed by atoms with Gasteiger partial charge in [-0.15, -0.1) is 0 Å². The number of rotatable bonds is 7. The van der Waals surface area contributed by atoms with Crippen LogP contribution in [0.3, 0.4) is 0 Å². The number of carbonyl (C=O) groups is 2. The molecule has 0 bridgehead atoms. The van der Waals surface area contributed by atoms with Gasteiger partial charge in [0.1, 0.15) is 0 Å². The molecular weight excluding hydrogens is 274 g/mol. The van der Waals surface area contributed by atoms with Crippen molar-refractivity contribution in [2.24, 2.45) is 11.8 Å².